The molecular weight excluding hydrogens is 601 g/mol. The first-order chi connectivity index (χ1) is 23.7. The molecule has 3 aliphatic carbocycles. The lowest BCUT2D eigenvalue weighted by Gasteiger charge is -2.44. The van der Waals surface area contributed by atoms with Crippen molar-refractivity contribution in [1.82, 2.24) is 30.0 Å². The molecule has 49 heavy (non-hydrogen) atoms. The molecule has 0 spiro atoms. The molecule has 3 atom stereocenters. The quantitative estimate of drug-likeness (QED) is 0.252. The Morgan fingerprint density at radius 2 is 1.82 bits per heavy atom. The second-order valence-corrected chi connectivity index (χ2v) is 15.6. The Bertz CT molecular complexity index is 1570. The summed E-state index contributed by atoms with van der Waals surface area (Å²) in [4.78, 5) is 9.90. The van der Waals surface area contributed by atoms with Crippen molar-refractivity contribution in [3.8, 4) is 0 Å². The summed E-state index contributed by atoms with van der Waals surface area (Å²) >= 11 is 0. The third-order valence-electron chi connectivity index (χ3n) is 12.1. The van der Waals surface area contributed by atoms with Crippen LogP contribution < -0.4 is 10.6 Å². The van der Waals surface area contributed by atoms with E-state index in [4.69, 9.17) is 0 Å². The van der Waals surface area contributed by atoms with Crippen molar-refractivity contribution in [2.24, 2.45) is 24.3 Å². The molecule has 2 unspecified atom stereocenters. The number of hydrogen-bond donors (Lipinski definition) is 2. The van der Waals surface area contributed by atoms with Crippen LogP contribution in [0.4, 0.5) is 0 Å². The number of piperazine rings is 1. The Kier molecular flexibility index (Phi) is 10.9. The summed E-state index contributed by atoms with van der Waals surface area (Å²) in [5, 5.41) is 7.81. The number of allylic oxidation sites excluding steroid dienone is 4. The number of fused-ring (bicyclic) bond motifs is 2. The Morgan fingerprint density at radius 1 is 1.08 bits per heavy atom. The van der Waals surface area contributed by atoms with Gasteiger partial charge in [-0.2, -0.15) is 0 Å². The first kappa shape index (κ1) is 35.3. The minimum Gasteiger partial charge on any atom is -0.382 e. The summed E-state index contributed by atoms with van der Waals surface area (Å²) < 4.78 is 2.17. The smallest absolute Gasteiger partial charge is 0.0946 e. The highest BCUT2D eigenvalue weighted by molar-refractivity contribution is 5.78. The average molecular weight is 663 g/mol. The van der Waals surface area contributed by atoms with Gasteiger partial charge in [0.25, 0.3) is 0 Å². The molecule has 3 heterocycles. The van der Waals surface area contributed by atoms with Crippen molar-refractivity contribution in [1.29, 1.82) is 0 Å². The van der Waals surface area contributed by atoms with E-state index in [1.54, 1.807) is 0 Å². The molecule has 3 fully saturated rings. The van der Waals surface area contributed by atoms with Crippen LogP contribution in [0.1, 0.15) is 114 Å². The minimum atomic E-state index is -0.0690. The molecule has 264 valence electrons. The Morgan fingerprint density at radius 3 is 2.47 bits per heavy atom. The molecule has 1 aromatic carbocycles. The summed E-state index contributed by atoms with van der Waals surface area (Å²) in [7, 11) is 2.11. The number of dihydropyridines is 1. The fraction of sp³-hybridized carbons (Fsp3) is 0.558. The Balaban J connectivity index is 0.00000205. The van der Waals surface area contributed by atoms with Gasteiger partial charge in [0.15, 0.2) is 0 Å². The van der Waals surface area contributed by atoms with Gasteiger partial charge in [-0.3, -0.25) is 4.90 Å². The van der Waals surface area contributed by atoms with E-state index >= 15 is 0 Å². The third kappa shape index (κ3) is 7.50. The van der Waals surface area contributed by atoms with Gasteiger partial charge in [-0.25, -0.2) is 4.98 Å². The monoisotopic (exact) mass is 663 g/mol. The van der Waals surface area contributed by atoms with Gasteiger partial charge >= 0.3 is 0 Å². The van der Waals surface area contributed by atoms with Crippen LogP contribution in [0.5, 0.6) is 0 Å². The minimum absolute atomic E-state index is 0.0690. The number of nitrogens with zero attached hydrogens (tertiary/aromatic N) is 4. The van der Waals surface area contributed by atoms with Crippen LogP contribution in [-0.2, 0) is 7.05 Å². The van der Waals surface area contributed by atoms with Crippen molar-refractivity contribution in [3.05, 3.63) is 108 Å². The van der Waals surface area contributed by atoms with Crippen molar-refractivity contribution >= 4 is 5.57 Å². The highest BCUT2D eigenvalue weighted by Gasteiger charge is 2.46. The fourth-order valence-corrected chi connectivity index (χ4v) is 8.94. The molecule has 2 aromatic rings. The first-order valence-corrected chi connectivity index (χ1v) is 19.2. The molecule has 0 radical (unpaired) electrons. The number of aryl methyl sites for hydroxylation is 2. The SMILES string of the molecule is C=C(CC1(C(C)C)CC1)NC(C1=CC2=CC=CNC2[C@@H](N2CCN(C(=C)CC3CCCC3)CC2)c2ccc(C)cc21)c1cncn1C.CC. The summed E-state index contributed by atoms with van der Waals surface area (Å²) in [6.07, 6.45) is 23.3. The lowest BCUT2D eigenvalue weighted by molar-refractivity contribution is 0.0998. The number of aromatic nitrogens is 2. The summed E-state index contributed by atoms with van der Waals surface area (Å²) in [5.41, 5.74) is 10.7. The van der Waals surface area contributed by atoms with Gasteiger partial charge in [-0.05, 0) is 84.4 Å². The van der Waals surface area contributed by atoms with E-state index in [1.807, 2.05) is 26.4 Å². The summed E-state index contributed by atoms with van der Waals surface area (Å²) in [6.45, 7) is 24.3. The van der Waals surface area contributed by atoms with E-state index in [-0.39, 0.29) is 18.1 Å². The lowest BCUT2D eigenvalue weighted by atomic mass is 9.86. The van der Waals surface area contributed by atoms with Gasteiger partial charge in [-0.15, -0.1) is 0 Å². The zero-order valence-electron chi connectivity index (χ0n) is 31.3. The third-order valence-corrected chi connectivity index (χ3v) is 12.1. The van der Waals surface area contributed by atoms with Crippen molar-refractivity contribution in [2.45, 2.75) is 104 Å². The molecule has 7 rings (SSSR count). The number of hydrogen-bond acceptors (Lipinski definition) is 5. The van der Waals surface area contributed by atoms with Gasteiger partial charge in [0, 0.05) is 44.6 Å². The van der Waals surface area contributed by atoms with Crippen LogP contribution in [-0.4, -0.2) is 51.6 Å². The number of nitrogens with one attached hydrogen (secondary N) is 2. The van der Waals surface area contributed by atoms with Gasteiger partial charge < -0.3 is 20.1 Å². The topological polar surface area (TPSA) is 48.4 Å². The van der Waals surface area contributed by atoms with Crippen LogP contribution >= 0.6 is 0 Å². The highest BCUT2D eigenvalue weighted by atomic mass is 15.3. The van der Waals surface area contributed by atoms with Crippen molar-refractivity contribution in [3.63, 3.8) is 0 Å². The van der Waals surface area contributed by atoms with E-state index in [0.717, 1.165) is 49.9 Å². The average Bonchev–Trinajstić information content (AvgIpc) is 3.52. The van der Waals surface area contributed by atoms with Gasteiger partial charge in [-0.1, -0.05) is 102 Å². The van der Waals surface area contributed by atoms with Crippen LogP contribution in [0, 0.1) is 24.2 Å². The molecule has 2 N–H and O–H groups in total. The molecule has 6 heteroatoms. The van der Waals surface area contributed by atoms with E-state index < -0.39 is 0 Å². The predicted molar refractivity (Wildman–Crippen MR) is 206 cm³/mol. The second-order valence-electron chi connectivity index (χ2n) is 15.6. The highest BCUT2D eigenvalue weighted by Crippen LogP contribution is 2.56. The van der Waals surface area contributed by atoms with Crippen molar-refractivity contribution < 1.29 is 0 Å². The van der Waals surface area contributed by atoms with Crippen LogP contribution in [0.2, 0.25) is 0 Å². The van der Waals surface area contributed by atoms with Gasteiger partial charge in [0.2, 0.25) is 0 Å². The molecule has 2 aliphatic heterocycles. The van der Waals surface area contributed by atoms with Gasteiger partial charge in [0.05, 0.1) is 36.3 Å². The molecule has 1 aromatic heterocycles. The van der Waals surface area contributed by atoms with E-state index in [2.05, 4.69) is 114 Å². The zero-order chi connectivity index (χ0) is 34.7. The predicted octanol–water partition coefficient (Wildman–Crippen LogP) is 8.99. The molecule has 0 amide bonds. The lowest BCUT2D eigenvalue weighted by Crippen LogP contribution is -2.52. The fourth-order valence-electron chi connectivity index (χ4n) is 8.94. The molecular formula is C43H62N6. The number of imidazole rings is 1. The largest absolute Gasteiger partial charge is 0.382 e. The van der Waals surface area contributed by atoms with Crippen LogP contribution in [0.3, 0.4) is 0 Å². The maximum Gasteiger partial charge on any atom is 0.0946 e. The van der Waals surface area contributed by atoms with Crippen molar-refractivity contribution in [2.75, 3.05) is 26.2 Å². The first-order valence-electron chi connectivity index (χ1n) is 19.2. The van der Waals surface area contributed by atoms with Crippen LogP contribution in [0.15, 0.2) is 85.3 Å². The summed E-state index contributed by atoms with van der Waals surface area (Å²) in [5.74, 6) is 1.49. The Hall–Kier alpha value is -3.51. The maximum absolute atomic E-state index is 4.63. The second kappa shape index (κ2) is 15.2. The molecule has 6 nitrogen and oxygen atoms in total. The standard InChI is InChI=1S/C41H56N6.C2H6/c1-28(2)41(15-16-41)25-30(4)44-39(37-26-42-27-45(37)6)36-24-33-12-9-17-43-38(33)40(34-14-13-29(3)22-35(34)36)47-20-18-46(19-21-47)31(5)23-32-10-7-8-11-32;1-2/h9,12-14,17,22,24,26-28,32,38-40,43-44H,4-5,7-8,10-11,15-16,18-21,23,25H2,1-3,6H3;1-2H3/t38?,39?,40-;/m0./s1. The molecule has 5 aliphatic rings. The number of rotatable bonds is 11. The summed E-state index contributed by atoms with van der Waals surface area (Å²) in [6, 6.07) is 7.45. The zero-order valence-corrected chi connectivity index (χ0v) is 31.3. The van der Waals surface area contributed by atoms with Crippen LogP contribution in [0.25, 0.3) is 5.57 Å². The molecule has 2 saturated carbocycles. The molecule has 0 bridgehead atoms. The molecule has 1 saturated heterocycles. The normalized spacial score (nSPS) is 23.6. The van der Waals surface area contributed by atoms with E-state index in [9.17, 15) is 0 Å². The maximum atomic E-state index is 4.63. The van der Waals surface area contributed by atoms with Gasteiger partial charge in [0.1, 0.15) is 0 Å². The van der Waals surface area contributed by atoms with E-state index in [0.29, 0.717) is 11.3 Å². The number of benzene rings is 1. The van der Waals surface area contributed by atoms with E-state index in [1.165, 1.54) is 78.5 Å². The Labute approximate surface area is 297 Å².